The van der Waals surface area contributed by atoms with Gasteiger partial charge in [-0.3, -0.25) is 14.9 Å². The van der Waals surface area contributed by atoms with Gasteiger partial charge in [0.05, 0.1) is 5.69 Å². The summed E-state index contributed by atoms with van der Waals surface area (Å²) in [5.74, 6) is -0.233. The molecular formula is C15H16ClN3O2S. The molecule has 0 saturated carbocycles. The maximum Gasteiger partial charge on any atom is 0.257 e. The van der Waals surface area contributed by atoms with Gasteiger partial charge in [-0.1, -0.05) is 11.6 Å². The molecule has 0 saturated heterocycles. The number of hydrogen-bond donors (Lipinski definition) is 2. The number of nitrogens with zero attached hydrogens (tertiary/aromatic N) is 1. The monoisotopic (exact) mass is 337 g/mol. The molecule has 5 nitrogen and oxygen atoms in total. The van der Waals surface area contributed by atoms with Crippen LogP contribution in [0.5, 0.6) is 0 Å². The second-order valence-electron chi connectivity index (χ2n) is 4.56. The highest BCUT2D eigenvalue weighted by atomic mass is 35.5. The molecule has 0 aliphatic carbocycles. The van der Waals surface area contributed by atoms with E-state index < -0.39 is 0 Å². The zero-order valence-corrected chi connectivity index (χ0v) is 13.6. The van der Waals surface area contributed by atoms with Gasteiger partial charge in [-0.05, 0) is 37.6 Å². The van der Waals surface area contributed by atoms with Gasteiger partial charge in [-0.2, -0.15) is 0 Å². The fraction of sp³-hybridized carbons (Fsp3) is 0.267. The number of rotatable bonds is 6. The molecule has 22 heavy (non-hydrogen) atoms. The molecule has 2 amide bonds. The molecule has 0 spiro atoms. The van der Waals surface area contributed by atoms with Crippen molar-refractivity contribution in [2.45, 2.75) is 19.8 Å². The zero-order valence-electron chi connectivity index (χ0n) is 12.1. The van der Waals surface area contributed by atoms with Gasteiger partial charge in [-0.25, -0.2) is 4.98 Å². The molecule has 2 aromatic rings. The lowest BCUT2D eigenvalue weighted by molar-refractivity contribution is -0.120. The Morgan fingerprint density at radius 2 is 2.00 bits per heavy atom. The van der Waals surface area contributed by atoms with Crippen molar-refractivity contribution >= 4 is 39.9 Å². The number of anilines is 1. The van der Waals surface area contributed by atoms with E-state index in [1.807, 2.05) is 12.3 Å². The number of aryl methyl sites for hydroxylation is 1. The lowest BCUT2D eigenvalue weighted by Gasteiger charge is -2.02. The van der Waals surface area contributed by atoms with Crippen LogP contribution in [0.1, 0.15) is 29.4 Å². The Balaban J connectivity index is 1.90. The van der Waals surface area contributed by atoms with Crippen molar-refractivity contribution in [2.24, 2.45) is 0 Å². The van der Waals surface area contributed by atoms with Gasteiger partial charge in [-0.15, -0.1) is 11.3 Å². The normalized spacial score (nSPS) is 10.3. The molecule has 0 aliphatic heterocycles. The Bertz CT molecular complexity index is 655. The van der Waals surface area contributed by atoms with E-state index in [4.69, 9.17) is 11.6 Å². The molecule has 0 atom stereocenters. The zero-order chi connectivity index (χ0) is 15.9. The predicted octanol–water partition coefficient (Wildman–Crippen LogP) is 3.12. The molecule has 0 fully saturated rings. The van der Waals surface area contributed by atoms with E-state index in [2.05, 4.69) is 15.6 Å². The molecule has 7 heteroatoms. The summed E-state index contributed by atoms with van der Waals surface area (Å²) in [7, 11) is 0. The molecule has 1 aromatic heterocycles. The largest absolute Gasteiger partial charge is 0.356 e. The van der Waals surface area contributed by atoms with Crippen LogP contribution < -0.4 is 10.6 Å². The van der Waals surface area contributed by atoms with Crippen LogP contribution in [0.4, 0.5) is 5.13 Å². The molecular weight excluding hydrogens is 322 g/mol. The Labute approximate surface area is 137 Å². The van der Waals surface area contributed by atoms with E-state index in [9.17, 15) is 9.59 Å². The predicted molar refractivity (Wildman–Crippen MR) is 88.5 cm³/mol. The number of halogens is 1. The third-order valence-electron chi connectivity index (χ3n) is 2.86. The summed E-state index contributed by atoms with van der Waals surface area (Å²) >= 11 is 7.13. The van der Waals surface area contributed by atoms with E-state index in [0.29, 0.717) is 35.1 Å². The standard InChI is InChI=1S/C15H16ClN3O2S/c1-2-17-13(20)8-7-12-9-22-15(18-12)19-14(21)10-3-5-11(16)6-4-10/h3-6,9H,2,7-8H2,1H3,(H,17,20)(H,18,19,21). The summed E-state index contributed by atoms with van der Waals surface area (Å²) < 4.78 is 0. The van der Waals surface area contributed by atoms with Crippen molar-refractivity contribution in [2.75, 3.05) is 11.9 Å². The van der Waals surface area contributed by atoms with E-state index in [1.165, 1.54) is 11.3 Å². The molecule has 0 unspecified atom stereocenters. The van der Waals surface area contributed by atoms with Gasteiger partial charge in [0.15, 0.2) is 5.13 Å². The minimum absolute atomic E-state index is 0.00208. The number of nitrogens with one attached hydrogen (secondary N) is 2. The third-order valence-corrected chi connectivity index (χ3v) is 3.92. The van der Waals surface area contributed by atoms with Crippen molar-refractivity contribution in [1.82, 2.24) is 10.3 Å². The van der Waals surface area contributed by atoms with Crippen LogP contribution in [0.3, 0.4) is 0 Å². The second-order valence-corrected chi connectivity index (χ2v) is 5.85. The topological polar surface area (TPSA) is 71.1 Å². The average molecular weight is 338 g/mol. The lowest BCUT2D eigenvalue weighted by Crippen LogP contribution is -2.22. The van der Waals surface area contributed by atoms with Crippen LogP contribution >= 0.6 is 22.9 Å². The van der Waals surface area contributed by atoms with Gasteiger partial charge in [0.1, 0.15) is 0 Å². The lowest BCUT2D eigenvalue weighted by atomic mass is 10.2. The first-order valence-corrected chi connectivity index (χ1v) is 8.12. The molecule has 0 bridgehead atoms. The van der Waals surface area contributed by atoms with E-state index in [1.54, 1.807) is 24.3 Å². The van der Waals surface area contributed by atoms with Gasteiger partial charge in [0.25, 0.3) is 5.91 Å². The average Bonchev–Trinajstić information content (AvgIpc) is 2.93. The van der Waals surface area contributed by atoms with Crippen LogP contribution in [-0.2, 0) is 11.2 Å². The number of carbonyl (C=O) groups excluding carboxylic acids is 2. The number of thiazole rings is 1. The van der Waals surface area contributed by atoms with Gasteiger partial charge < -0.3 is 5.32 Å². The van der Waals surface area contributed by atoms with Gasteiger partial charge in [0, 0.05) is 28.9 Å². The number of aromatic nitrogens is 1. The number of amides is 2. The van der Waals surface area contributed by atoms with Crippen LogP contribution in [0.15, 0.2) is 29.6 Å². The quantitative estimate of drug-likeness (QED) is 0.850. The number of carbonyl (C=O) groups is 2. The molecule has 0 radical (unpaired) electrons. The van der Waals surface area contributed by atoms with Crippen molar-refractivity contribution in [3.05, 3.63) is 45.9 Å². The van der Waals surface area contributed by atoms with Gasteiger partial charge in [0.2, 0.25) is 5.91 Å². The van der Waals surface area contributed by atoms with E-state index >= 15 is 0 Å². The van der Waals surface area contributed by atoms with Crippen LogP contribution in [-0.4, -0.2) is 23.3 Å². The van der Waals surface area contributed by atoms with Crippen LogP contribution in [0.25, 0.3) is 0 Å². The molecule has 2 rings (SSSR count). The number of benzene rings is 1. The fourth-order valence-corrected chi connectivity index (χ4v) is 2.64. The summed E-state index contributed by atoms with van der Waals surface area (Å²) in [6, 6.07) is 6.63. The van der Waals surface area contributed by atoms with Crippen LogP contribution in [0, 0.1) is 0 Å². The Morgan fingerprint density at radius 1 is 1.27 bits per heavy atom. The maximum absolute atomic E-state index is 12.0. The Hall–Kier alpha value is -1.92. The smallest absolute Gasteiger partial charge is 0.257 e. The van der Waals surface area contributed by atoms with Crippen molar-refractivity contribution in [1.29, 1.82) is 0 Å². The summed E-state index contributed by atoms with van der Waals surface area (Å²) in [5, 5.41) is 8.42. The molecule has 0 aliphatic rings. The first-order valence-electron chi connectivity index (χ1n) is 6.86. The van der Waals surface area contributed by atoms with Gasteiger partial charge >= 0.3 is 0 Å². The highest BCUT2D eigenvalue weighted by Gasteiger charge is 2.10. The van der Waals surface area contributed by atoms with Crippen molar-refractivity contribution in [3.8, 4) is 0 Å². The minimum atomic E-state index is -0.235. The summed E-state index contributed by atoms with van der Waals surface area (Å²) in [6.07, 6.45) is 0.946. The van der Waals surface area contributed by atoms with E-state index in [-0.39, 0.29) is 11.8 Å². The highest BCUT2D eigenvalue weighted by Crippen LogP contribution is 2.18. The molecule has 116 valence electrons. The van der Waals surface area contributed by atoms with Crippen molar-refractivity contribution < 1.29 is 9.59 Å². The molecule has 1 aromatic carbocycles. The first kappa shape index (κ1) is 16.5. The molecule has 2 N–H and O–H groups in total. The minimum Gasteiger partial charge on any atom is -0.356 e. The summed E-state index contributed by atoms with van der Waals surface area (Å²) in [6.45, 7) is 2.50. The second kappa shape index (κ2) is 7.91. The first-order chi connectivity index (χ1) is 10.6. The highest BCUT2D eigenvalue weighted by molar-refractivity contribution is 7.14. The summed E-state index contributed by atoms with van der Waals surface area (Å²) in [5.41, 5.74) is 1.31. The van der Waals surface area contributed by atoms with E-state index in [0.717, 1.165) is 5.69 Å². The molecule has 1 heterocycles. The van der Waals surface area contributed by atoms with Crippen molar-refractivity contribution in [3.63, 3.8) is 0 Å². The Morgan fingerprint density at radius 3 is 2.68 bits per heavy atom. The SMILES string of the molecule is CCNC(=O)CCc1csc(NC(=O)c2ccc(Cl)cc2)n1. The van der Waals surface area contributed by atoms with Crippen LogP contribution in [0.2, 0.25) is 5.02 Å². The summed E-state index contributed by atoms with van der Waals surface area (Å²) in [4.78, 5) is 27.7. The fourth-order valence-electron chi connectivity index (χ4n) is 1.78. The Kier molecular flexibility index (Phi) is 5.91. The number of hydrogen-bond acceptors (Lipinski definition) is 4. The third kappa shape index (κ3) is 4.82. The maximum atomic E-state index is 12.0.